The minimum absolute atomic E-state index is 0.596. The zero-order chi connectivity index (χ0) is 16.6. The van der Waals surface area contributed by atoms with Crippen molar-refractivity contribution in [1.82, 2.24) is 9.97 Å². The van der Waals surface area contributed by atoms with E-state index in [-0.39, 0.29) is 0 Å². The van der Waals surface area contributed by atoms with Gasteiger partial charge in [0, 0.05) is 18.0 Å². The summed E-state index contributed by atoms with van der Waals surface area (Å²) in [7, 11) is 0. The van der Waals surface area contributed by atoms with Crippen LogP contribution in [0.2, 0.25) is 0 Å². The van der Waals surface area contributed by atoms with Gasteiger partial charge in [-0.15, -0.1) is 23.5 Å². The highest BCUT2D eigenvalue weighted by Gasteiger charge is 2.16. The molecule has 3 rings (SSSR count). The molecular formula is C20H26N2S2. The van der Waals surface area contributed by atoms with Gasteiger partial charge in [0.1, 0.15) is 0 Å². The average Bonchev–Trinajstić information content (AvgIpc) is 2.67. The zero-order valence-electron chi connectivity index (χ0n) is 14.4. The molecule has 0 aliphatic carbocycles. The van der Waals surface area contributed by atoms with Gasteiger partial charge < -0.3 is 0 Å². The monoisotopic (exact) mass is 358 g/mol. The quantitative estimate of drug-likeness (QED) is 0.556. The first kappa shape index (κ1) is 17.8. The third kappa shape index (κ3) is 5.00. The van der Waals surface area contributed by atoms with E-state index >= 15 is 0 Å². The molecule has 0 spiro atoms. The molecule has 0 atom stereocenters. The van der Waals surface area contributed by atoms with Crippen molar-refractivity contribution in [3.05, 3.63) is 47.8 Å². The molecule has 4 heteroatoms. The van der Waals surface area contributed by atoms with E-state index < -0.39 is 0 Å². The van der Waals surface area contributed by atoms with Gasteiger partial charge in [-0.2, -0.15) is 0 Å². The zero-order valence-corrected chi connectivity index (χ0v) is 16.0. The summed E-state index contributed by atoms with van der Waals surface area (Å²) in [6.45, 7) is 2.24. The van der Waals surface area contributed by atoms with E-state index in [0.29, 0.717) is 4.58 Å². The van der Waals surface area contributed by atoms with Crippen molar-refractivity contribution in [1.29, 1.82) is 0 Å². The largest absolute Gasteiger partial charge is 0.236 e. The predicted molar refractivity (Wildman–Crippen MR) is 108 cm³/mol. The normalized spacial score (nSPS) is 15.5. The Morgan fingerprint density at radius 3 is 2.33 bits per heavy atom. The second kappa shape index (κ2) is 9.47. The Hall–Kier alpha value is -1.00. The molecule has 1 aliphatic rings. The Labute approximate surface area is 154 Å². The topological polar surface area (TPSA) is 25.8 Å². The number of unbranched alkanes of at least 4 members (excludes halogenated alkanes) is 3. The molecule has 0 unspecified atom stereocenters. The summed E-state index contributed by atoms with van der Waals surface area (Å²) >= 11 is 4.13. The van der Waals surface area contributed by atoms with Crippen LogP contribution in [0.3, 0.4) is 0 Å². The number of rotatable bonds is 7. The Morgan fingerprint density at radius 2 is 1.67 bits per heavy atom. The maximum atomic E-state index is 4.57. The first-order chi connectivity index (χ1) is 11.9. The fourth-order valence-corrected chi connectivity index (χ4v) is 5.75. The molecule has 1 fully saturated rings. The summed E-state index contributed by atoms with van der Waals surface area (Å²) in [4.78, 5) is 9.14. The Balaban J connectivity index is 1.59. The summed E-state index contributed by atoms with van der Waals surface area (Å²) < 4.78 is 0.596. The van der Waals surface area contributed by atoms with Crippen molar-refractivity contribution in [2.45, 2.75) is 50.0 Å². The molecule has 0 bridgehead atoms. The molecule has 0 N–H and O–H groups in total. The van der Waals surface area contributed by atoms with Gasteiger partial charge in [-0.1, -0.05) is 50.5 Å². The summed E-state index contributed by atoms with van der Waals surface area (Å²) in [6.07, 6.45) is 11.6. The molecule has 2 nitrogen and oxygen atoms in total. The molecular weight excluding hydrogens is 332 g/mol. The van der Waals surface area contributed by atoms with Gasteiger partial charge in [0.25, 0.3) is 0 Å². The molecule has 24 heavy (non-hydrogen) atoms. The first-order valence-corrected chi connectivity index (χ1v) is 11.1. The van der Waals surface area contributed by atoms with E-state index in [9.17, 15) is 0 Å². The third-order valence-corrected chi connectivity index (χ3v) is 7.31. The number of hydrogen-bond acceptors (Lipinski definition) is 4. The third-order valence-electron chi connectivity index (χ3n) is 4.29. The van der Waals surface area contributed by atoms with Gasteiger partial charge in [-0.05, 0) is 41.9 Å². The van der Waals surface area contributed by atoms with Crippen molar-refractivity contribution in [2.24, 2.45) is 0 Å². The van der Waals surface area contributed by atoms with Crippen LogP contribution in [-0.2, 0) is 6.42 Å². The predicted octanol–water partition coefficient (Wildman–Crippen LogP) is 6.14. The van der Waals surface area contributed by atoms with Gasteiger partial charge in [-0.3, -0.25) is 0 Å². The van der Waals surface area contributed by atoms with E-state index in [2.05, 4.69) is 64.7 Å². The fraction of sp³-hybridized carbons (Fsp3) is 0.500. The second-order valence-electron chi connectivity index (χ2n) is 6.27. The lowest BCUT2D eigenvalue weighted by molar-refractivity contribution is 0.665. The lowest BCUT2D eigenvalue weighted by atomic mass is 10.1. The van der Waals surface area contributed by atoms with E-state index in [1.54, 1.807) is 0 Å². The first-order valence-electron chi connectivity index (χ1n) is 9.01. The molecule has 1 aliphatic heterocycles. The molecule has 0 radical (unpaired) electrons. The lowest BCUT2D eigenvalue weighted by Crippen LogP contribution is -2.00. The molecule has 0 saturated carbocycles. The number of aryl methyl sites for hydroxylation is 1. The minimum Gasteiger partial charge on any atom is -0.236 e. The summed E-state index contributed by atoms with van der Waals surface area (Å²) in [5.74, 6) is 3.40. The lowest BCUT2D eigenvalue weighted by Gasteiger charge is -2.21. The van der Waals surface area contributed by atoms with Gasteiger partial charge in [-0.25, -0.2) is 9.97 Å². The number of hydrogen-bond donors (Lipinski definition) is 0. The number of aromatic nitrogens is 2. The van der Waals surface area contributed by atoms with Crippen LogP contribution >= 0.6 is 23.5 Å². The SMILES string of the molecule is CCCCCCc1cnc(-c2ccc(C3SCCCS3)cc2)nc1. The van der Waals surface area contributed by atoms with Crippen molar-refractivity contribution in [2.75, 3.05) is 11.5 Å². The van der Waals surface area contributed by atoms with Crippen molar-refractivity contribution >= 4 is 23.5 Å². The summed E-state index contributed by atoms with van der Waals surface area (Å²) in [5.41, 5.74) is 3.78. The fourth-order valence-electron chi connectivity index (χ4n) is 2.86. The van der Waals surface area contributed by atoms with Crippen LogP contribution in [0.5, 0.6) is 0 Å². The van der Waals surface area contributed by atoms with E-state index in [1.807, 2.05) is 12.4 Å². The molecule has 1 saturated heterocycles. The summed E-state index contributed by atoms with van der Waals surface area (Å²) in [6, 6.07) is 8.82. The van der Waals surface area contributed by atoms with Gasteiger partial charge in [0.05, 0.1) is 4.58 Å². The minimum atomic E-state index is 0.596. The van der Waals surface area contributed by atoms with Crippen LogP contribution < -0.4 is 0 Å². The smallest absolute Gasteiger partial charge is 0.159 e. The standard InChI is InChI=1S/C20H26N2S2/c1-2-3-4-5-7-16-14-21-19(22-15-16)17-8-10-18(11-9-17)20-23-12-6-13-24-20/h8-11,14-15,20H,2-7,12-13H2,1H3. The highest BCUT2D eigenvalue weighted by atomic mass is 32.2. The number of nitrogens with zero attached hydrogens (tertiary/aromatic N) is 2. The van der Waals surface area contributed by atoms with Crippen LogP contribution in [0.1, 0.15) is 54.7 Å². The van der Waals surface area contributed by atoms with Crippen molar-refractivity contribution < 1.29 is 0 Å². The molecule has 128 valence electrons. The van der Waals surface area contributed by atoms with Crippen LogP contribution in [0.15, 0.2) is 36.7 Å². The van der Waals surface area contributed by atoms with E-state index in [0.717, 1.165) is 17.8 Å². The second-order valence-corrected chi connectivity index (χ2v) is 9.00. The van der Waals surface area contributed by atoms with E-state index in [1.165, 1.54) is 54.7 Å². The van der Waals surface area contributed by atoms with Crippen LogP contribution in [0.25, 0.3) is 11.4 Å². The highest BCUT2D eigenvalue weighted by Crippen LogP contribution is 2.43. The maximum Gasteiger partial charge on any atom is 0.159 e. The molecule has 2 aromatic rings. The Bertz CT molecular complexity index is 605. The molecule has 0 amide bonds. The van der Waals surface area contributed by atoms with Crippen molar-refractivity contribution in [3.63, 3.8) is 0 Å². The molecule has 1 aromatic heterocycles. The van der Waals surface area contributed by atoms with Crippen LogP contribution in [0.4, 0.5) is 0 Å². The van der Waals surface area contributed by atoms with Gasteiger partial charge in [0.15, 0.2) is 5.82 Å². The van der Waals surface area contributed by atoms with Crippen LogP contribution in [-0.4, -0.2) is 21.5 Å². The summed E-state index contributed by atoms with van der Waals surface area (Å²) in [5, 5.41) is 0. The van der Waals surface area contributed by atoms with Crippen molar-refractivity contribution in [3.8, 4) is 11.4 Å². The van der Waals surface area contributed by atoms with Gasteiger partial charge >= 0.3 is 0 Å². The molecule has 2 heterocycles. The Kier molecular flexibility index (Phi) is 7.03. The average molecular weight is 359 g/mol. The van der Waals surface area contributed by atoms with Gasteiger partial charge in [0.2, 0.25) is 0 Å². The van der Waals surface area contributed by atoms with Crippen LogP contribution in [0, 0.1) is 0 Å². The number of thioether (sulfide) groups is 2. The molecule has 1 aromatic carbocycles. The Morgan fingerprint density at radius 1 is 0.958 bits per heavy atom. The maximum absolute atomic E-state index is 4.57. The number of benzene rings is 1. The highest BCUT2D eigenvalue weighted by molar-refractivity contribution is 8.16. The van der Waals surface area contributed by atoms with E-state index in [4.69, 9.17) is 0 Å².